The fourth-order valence-corrected chi connectivity index (χ4v) is 2.79. The number of aromatic nitrogens is 3. The molecule has 7 nitrogen and oxygen atoms in total. The second-order valence-electron chi connectivity index (χ2n) is 5.93. The third-order valence-electron chi connectivity index (χ3n) is 4.10. The van der Waals surface area contributed by atoms with E-state index in [1.54, 1.807) is 12.3 Å². The zero-order chi connectivity index (χ0) is 20.3. The Morgan fingerprint density at radius 2 is 2.14 bits per heavy atom. The molecule has 0 saturated carbocycles. The number of halogens is 3. The topological polar surface area (TPSA) is 88.8 Å². The predicted molar refractivity (Wildman–Crippen MR) is 94.3 cm³/mol. The van der Waals surface area contributed by atoms with Crippen LogP contribution in [0.5, 0.6) is 5.75 Å². The monoisotopic (exact) mass is 394 g/mol. The van der Waals surface area contributed by atoms with Gasteiger partial charge in [-0.3, -0.25) is 4.79 Å². The zero-order valence-electron chi connectivity index (χ0n) is 14.8. The maximum Gasteiger partial charge on any atom is 0.418 e. The third kappa shape index (κ3) is 3.91. The molecule has 0 radical (unpaired) electrons. The molecule has 0 spiro atoms. The number of nitrogens with one attached hydrogen (secondary N) is 1. The molecule has 0 unspecified atom stereocenters. The van der Waals surface area contributed by atoms with E-state index < -0.39 is 23.3 Å². The highest BCUT2D eigenvalue weighted by atomic mass is 19.4. The molecule has 10 heteroatoms. The number of fused-ring (bicyclic) bond motifs is 1. The fourth-order valence-electron chi connectivity index (χ4n) is 2.79. The number of aliphatic hydroxyl groups is 1. The number of rotatable bonds is 6. The van der Waals surface area contributed by atoms with E-state index in [1.165, 1.54) is 30.1 Å². The summed E-state index contributed by atoms with van der Waals surface area (Å²) in [5, 5.41) is 15.3. The van der Waals surface area contributed by atoms with Crippen LogP contribution in [0.1, 0.15) is 27.9 Å². The molecule has 1 amide bonds. The number of anilines is 1. The molecular weight excluding hydrogens is 377 g/mol. The molecule has 3 rings (SSSR count). The van der Waals surface area contributed by atoms with Gasteiger partial charge in [0.25, 0.3) is 5.91 Å². The van der Waals surface area contributed by atoms with E-state index in [9.17, 15) is 18.0 Å². The van der Waals surface area contributed by atoms with Crippen LogP contribution in [0.15, 0.2) is 36.8 Å². The van der Waals surface area contributed by atoms with Crippen molar-refractivity contribution in [2.75, 3.05) is 19.0 Å². The summed E-state index contributed by atoms with van der Waals surface area (Å²) in [6, 6.07) is 3.67. The van der Waals surface area contributed by atoms with Crippen LogP contribution in [0.3, 0.4) is 0 Å². The Morgan fingerprint density at radius 1 is 1.36 bits per heavy atom. The molecule has 148 valence electrons. The van der Waals surface area contributed by atoms with Crippen molar-refractivity contribution >= 4 is 17.2 Å². The van der Waals surface area contributed by atoms with Gasteiger partial charge in [0, 0.05) is 19.0 Å². The summed E-state index contributed by atoms with van der Waals surface area (Å²) in [5.41, 5.74) is -0.724. The van der Waals surface area contributed by atoms with Gasteiger partial charge in [-0.05, 0) is 36.6 Å². The Bertz CT molecular complexity index is 1000. The lowest BCUT2D eigenvalue weighted by molar-refractivity contribution is -0.137. The highest BCUT2D eigenvalue weighted by Crippen LogP contribution is 2.39. The molecule has 0 aliphatic carbocycles. The minimum absolute atomic E-state index is 0.0384. The normalized spacial score (nSPS) is 11.6. The summed E-state index contributed by atoms with van der Waals surface area (Å²) in [6.45, 7) is -0.125. The average Bonchev–Trinajstić information content (AvgIpc) is 3.09. The van der Waals surface area contributed by atoms with E-state index in [0.717, 1.165) is 6.07 Å². The van der Waals surface area contributed by atoms with Crippen LogP contribution in [0.4, 0.5) is 18.9 Å². The van der Waals surface area contributed by atoms with E-state index in [4.69, 9.17) is 9.84 Å². The number of nitrogens with zero attached hydrogens (tertiary/aromatic N) is 3. The third-order valence-corrected chi connectivity index (χ3v) is 4.10. The van der Waals surface area contributed by atoms with Gasteiger partial charge in [-0.15, -0.1) is 0 Å². The van der Waals surface area contributed by atoms with Gasteiger partial charge < -0.3 is 15.2 Å². The van der Waals surface area contributed by atoms with Crippen LogP contribution >= 0.6 is 0 Å². The largest absolute Gasteiger partial charge is 0.496 e. The zero-order valence-corrected chi connectivity index (χ0v) is 14.8. The Labute approximate surface area is 157 Å². The first-order valence-electron chi connectivity index (χ1n) is 8.34. The molecule has 0 saturated heterocycles. The quantitative estimate of drug-likeness (QED) is 0.671. The molecule has 0 aliphatic rings. The summed E-state index contributed by atoms with van der Waals surface area (Å²) in [7, 11) is 1.26. The lowest BCUT2D eigenvalue weighted by Gasteiger charge is -2.18. The van der Waals surface area contributed by atoms with E-state index in [1.807, 2.05) is 0 Å². The summed E-state index contributed by atoms with van der Waals surface area (Å²) in [6.07, 6.45) is 0.188. The van der Waals surface area contributed by atoms with Crippen molar-refractivity contribution in [3.05, 3.63) is 53.5 Å². The number of alkyl halides is 3. The average molecular weight is 394 g/mol. The maximum absolute atomic E-state index is 13.5. The van der Waals surface area contributed by atoms with Gasteiger partial charge in [0.2, 0.25) is 0 Å². The molecule has 0 bridgehead atoms. The van der Waals surface area contributed by atoms with Crippen molar-refractivity contribution < 1.29 is 27.8 Å². The number of aryl methyl sites for hydroxylation is 1. The highest BCUT2D eigenvalue weighted by Gasteiger charge is 2.35. The second-order valence-corrected chi connectivity index (χ2v) is 5.93. The van der Waals surface area contributed by atoms with Crippen molar-refractivity contribution in [1.82, 2.24) is 14.6 Å². The number of ether oxygens (including phenoxy) is 1. The molecule has 0 fully saturated rings. The Kier molecular flexibility index (Phi) is 5.50. The lowest BCUT2D eigenvalue weighted by Crippen LogP contribution is -2.17. The van der Waals surface area contributed by atoms with Crippen molar-refractivity contribution in [2.45, 2.75) is 19.0 Å². The lowest BCUT2D eigenvalue weighted by atomic mass is 10.0. The van der Waals surface area contributed by atoms with Crippen LogP contribution < -0.4 is 10.1 Å². The minimum Gasteiger partial charge on any atom is -0.496 e. The number of carbonyl (C=O) groups excluding carboxylic acids is 1. The van der Waals surface area contributed by atoms with E-state index in [2.05, 4.69) is 15.4 Å². The van der Waals surface area contributed by atoms with Gasteiger partial charge in [0.1, 0.15) is 11.3 Å². The summed E-state index contributed by atoms with van der Waals surface area (Å²) >= 11 is 0. The van der Waals surface area contributed by atoms with Gasteiger partial charge in [-0.1, -0.05) is 0 Å². The fraction of sp³-hybridized carbons (Fsp3) is 0.278. The van der Waals surface area contributed by atoms with Crippen LogP contribution in [0.2, 0.25) is 0 Å². The van der Waals surface area contributed by atoms with Gasteiger partial charge in [0.15, 0.2) is 5.65 Å². The van der Waals surface area contributed by atoms with Gasteiger partial charge in [0.05, 0.1) is 24.6 Å². The molecule has 3 aromatic rings. The number of amides is 1. The maximum atomic E-state index is 13.5. The number of methoxy groups -OCH3 is 1. The standard InChI is InChI=1S/C18H17F3N4O3/c1-28-15-9-13(18(19,20)21)14(8-11(15)4-2-7-26)24-17(27)12-10-23-25-6-3-5-22-16(12)25/h3,5-6,8-10,26H,2,4,7H2,1H3,(H,24,27). The van der Waals surface area contributed by atoms with E-state index >= 15 is 0 Å². The number of aliphatic hydroxyl groups excluding tert-OH is 1. The minimum atomic E-state index is -4.70. The highest BCUT2D eigenvalue weighted by molar-refractivity contribution is 6.08. The SMILES string of the molecule is COc1cc(C(F)(F)F)c(NC(=O)c2cnn3cccnc23)cc1CCCO. The number of hydrogen-bond acceptors (Lipinski definition) is 5. The Balaban J connectivity index is 2.02. The summed E-state index contributed by atoms with van der Waals surface area (Å²) in [4.78, 5) is 16.6. The second kappa shape index (κ2) is 7.85. The number of benzene rings is 1. The Morgan fingerprint density at radius 3 is 2.82 bits per heavy atom. The van der Waals surface area contributed by atoms with Gasteiger partial charge >= 0.3 is 6.18 Å². The smallest absolute Gasteiger partial charge is 0.418 e. The van der Waals surface area contributed by atoms with Crippen molar-refractivity contribution in [2.24, 2.45) is 0 Å². The van der Waals surface area contributed by atoms with Gasteiger partial charge in [-0.25, -0.2) is 9.50 Å². The number of carbonyl (C=O) groups is 1. The first kappa shape index (κ1) is 19.6. The van der Waals surface area contributed by atoms with Crippen LogP contribution in [-0.2, 0) is 12.6 Å². The molecule has 2 N–H and O–H groups in total. The molecule has 2 heterocycles. The Hall–Kier alpha value is -3.14. The van der Waals surface area contributed by atoms with Crippen molar-refractivity contribution in [1.29, 1.82) is 0 Å². The van der Waals surface area contributed by atoms with Crippen LogP contribution in [0.25, 0.3) is 5.65 Å². The summed E-state index contributed by atoms with van der Waals surface area (Å²) in [5.74, 6) is -0.728. The van der Waals surface area contributed by atoms with E-state index in [0.29, 0.717) is 18.4 Å². The molecule has 1 aromatic carbocycles. The van der Waals surface area contributed by atoms with E-state index in [-0.39, 0.29) is 23.6 Å². The molecule has 28 heavy (non-hydrogen) atoms. The van der Waals surface area contributed by atoms with Crippen molar-refractivity contribution in [3.8, 4) is 5.75 Å². The molecule has 0 atom stereocenters. The molecule has 0 aliphatic heterocycles. The molecule has 2 aromatic heterocycles. The van der Waals surface area contributed by atoms with Crippen molar-refractivity contribution in [3.63, 3.8) is 0 Å². The predicted octanol–water partition coefficient (Wildman–Crippen LogP) is 2.93. The van der Waals surface area contributed by atoms with Crippen LogP contribution in [0, 0.1) is 0 Å². The molecular formula is C18H17F3N4O3. The van der Waals surface area contributed by atoms with Crippen LogP contribution in [-0.4, -0.2) is 39.3 Å². The van der Waals surface area contributed by atoms with Gasteiger partial charge in [-0.2, -0.15) is 18.3 Å². The first-order chi connectivity index (χ1) is 13.3. The summed E-state index contributed by atoms with van der Waals surface area (Å²) < 4.78 is 47.0. The first-order valence-corrected chi connectivity index (χ1v) is 8.34. The number of hydrogen-bond donors (Lipinski definition) is 2.